The first-order valence-electron chi connectivity index (χ1n) is 8.92. The van der Waals surface area contributed by atoms with Crippen LogP contribution in [0, 0.1) is 5.41 Å². The quantitative estimate of drug-likeness (QED) is 0.721. The molecule has 0 radical (unpaired) electrons. The van der Waals surface area contributed by atoms with Crippen molar-refractivity contribution in [2.75, 3.05) is 0 Å². The first-order valence-corrected chi connectivity index (χ1v) is 8.92. The second-order valence-electron chi connectivity index (χ2n) is 7.01. The number of benzene rings is 1. The van der Waals surface area contributed by atoms with Gasteiger partial charge in [-0.1, -0.05) is 12.6 Å². The number of hydrogen-bond acceptors (Lipinski definition) is 6. The molecular formula is C20H22N4O2. The maximum absolute atomic E-state index is 10.3. The summed E-state index contributed by atoms with van der Waals surface area (Å²) in [7, 11) is 0. The van der Waals surface area contributed by atoms with Crippen LogP contribution in [0.1, 0.15) is 31.2 Å². The molecule has 2 aliphatic heterocycles. The zero-order valence-corrected chi connectivity index (χ0v) is 14.5. The number of phenolic OH excluding ortho intramolecular Hbond substituents is 1. The number of allylic oxidation sites excluding steroid dienone is 1. The van der Waals surface area contributed by atoms with Crippen LogP contribution in [-0.4, -0.2) is 39.7 Å². The lowest BCUT2D eigenvalue weighted by molar-refractivity contribution is 0.130. The van der Waals surface area contributed by atoms with Crippen LogP contribution in [0.15, 0.2) is 36.9 Å². The Morgan fingerprint density at radius 3 is 2.58 bits per heavy atom. The number of aromatic nitrogens is 2. The lowest BCUT2D eigenvalue weighted by Gasteiger charge is -2.28. The molecule has 2 saturated heterocycles. The van der Waals surface area contributed by atoms with E-state index in [0.29, 0.717) is 40.4 Å². The highest BCUT2D eigenvalue weighted by molar-refractivity contribution is 6.07. The van der Waals surface area contributed by atoms with Gasteiger partial charge in [0.25, 0.3) is 0 Å². The van der Waals surface area contributed by atoms with Gasteiger partial charge in [-0.25, -0.2) is 0 Å². The van der Waals surface area contributed by atoms with Gasteiger partial charge < -0.3 is 20.6 Å². The van der Waals surface area contributed by atoms with Crippen molar-refractivity contribution in [3.8, 4) is 22.9 Å². The summed E-state index contributed by atoms with van der Waals surface area (Å²) in [5, 5.41) is 29.5. The molecule has 0 spiro atoms. The van der Waals surface area contributed by atoms with Crippen LogP contribution in [0.5, 0.6) is 11.6 Å². The van der Waals surface area contributed by atoms with E-state index in [1.807, 2.05) is 0 Å². The fourth-order valence-electron chi connectivity index (χ4n) is 3.83. The summed E-state index contributed by atoms with van der Waals surface area (Å²) in [6.07, 6.45) is 5.84. The van der Waals surface area contributed by atoms with Crippen molar-refractivity contribution in [3.05, 3.63) is 42.5 Å². The molecule has 1 aromatic heterocycles. The number of nitrogens with zero attached hydrogens (tertiary/aromatic N) is 2. The minimum atomic E-state index is 0.0865. The number of aromatic hydroxyl groups is 1. The monoisotopic (exact) mass is 350 g/mol. The summed E-state index contributed by atoms with van der Waals surface area (Å²) in [6, 6.07) is 9.89. The summed E-state index contributed by atoms with van der Waals surface area (Å²) in [5.41, 5.74) is 2.41. The Morgan fingerprint density at radius 2 is 1.96 bits per heavy atom. The molecule has 4 rings (SSSR count). The molecule has 6 heteroatoms. The van der Waals surface area contributed by atoms with Crippen LogP contribution in [0.25, 0.3) is 16.8 Å². The molecule has 0 aliphatic carbocycles. The van der Waals surface area contributed by atoms with Crippen LogP contribution in [0.4, 0.5) is 0 Å². The van der Waals surface area contributed by atoms with Gasteiger partial charge in [-0.05, 0) is 55.0 Å². The number of ether oxygens (including phenoxy) is 1. The van der Waals surface area contributed by atoms with E-state index in [0.717, 1.165) is 19.1 Å². The molecule has 0 amide bonds. The smallest absolute Gasteiger partial charge is 0.233 e. The van der Waals surface area contributed by atoms with Gasteiger partial charge in [0.15, 0.2) is 0 Å². The van der Waals surface area contributed by atoms with Crippen molar-refractivity contribution in [1.82, 2.24) is 15.5 Å². The number of phenols is 1. The van der Waals surface area contributed by atoms with Gasteiger partial charge in [-0.2, -0.15) is 0 Å². The topological polar surface area (TPSA) is 91.1 Å². The van der Waals surface area contributed by atoms with Crippen molar-refractivity contribution in [1.29, 1.82) is 5.41 Å². The van der Waals surface area contributed by atoms with Crippen molar-refractivity contribution in [2.45, 2.75) is 43.9 Å². The van der Waals surface area contributed by atoms with E-state index in [4.69, 9.17) is 10.1 Å². The highest BCUT2D eigenvalue weighted by Gasteiger charge is 2.34. The lowest BCUT2D eigenvalue weighted by Crippen LogP contribution is -2.42. The molecule has 3 heterocycles. The minimum absolute atomic E-state index is 0.0865. The van der Waals surface area contributed by atoms with Crippen LogP contribution in [-0.2, 0) is 0 Å². The molecule has 1 aromatic carbocycles. The molecule has 2 aliphatic rings. The van der Waals surface area contributed by atoms with Gasteiger partial charge in [0.05, 0.1) is 5.69 Å². The van der Waals surface area contributed by atoms with E-state index in [1.54, 1.807) is 30.3 Å². The highest BCUT2D eigenvalue weighted by Crippen LogP contribution is 2.32. The van der Waals surface area contributed by atoms with Crippen molar-refractivity contribution < 1.29 is 9.84 Å². The minimum Gasteiger partial charge on any atom is -0.507 e. The summed E-state index contributed by atoms with van der Waals surface area (Å²) >= 11 is 0. The van der Waals surface area contributed by atoms with Crippen LogP contribution >= 0.6 is 0 Å². The van der Waals surface area contributed by atoms with Crippen molar-refractivity contribution in [3.63, 3.8) is 0 Å². The average molecular weight is 350 g/mol. The van der Waals surface area contributed by atoms with Crippen molar-refractivity contribution >= 4 is 11.8 Å². The molecule has 26 heavy (non-hydrogen) atoms. The van der Waals surface area contributed by atoms with Gasteiger partial charge in [0.2, 0.25) is 5.88 Å². The summed E-state index contributed by atoms with van der Waals surface area (Å²) in [4.78, 5) is 0. The predicted octanol–water partition coefficient (Wildman–Crippen LogP) is 3.17. The second-order valence-corrected chi connectivity index (χ2v) is 7.01. The first kappa shape index (κ1) is 16.7. The van der Waals surface area contributed by atoms with Crippen LogP contribution in [0.2, 0.25) is 0 Å². The van der Waals surface area contributed by atoms with Crippen LogP contribution in [0.3, 0.4) is 0 Å². The molecule has 2 aromatic rings. The fourth-order valence-corrected chi connectivity index (χ4v) is 3.83. The molecule has 0 saturated carbocycles. The Hall–Kier alpha value is -2.73. The van der Waals surface area contributed by atoms with E-state index in [1.165, 1.54) is 12.8 Å². The predicted molar refractivity (Wildman–Crippen MR) is 101 cm³/mol. The number of hydrogen-bond donors (Lipinski definition) is 3. The number of piperidine rings is 1. The normalized spacial score (nSPS) is 24.2. The lowest BCUT2D eigenvalue weighted by atomic mass is 10.0. The van der Waals surface area contributed by atoms with Crippen LogP contribution < -0.4 is 10.1 Å². The highest BCUT2D eigenvalue weighted by atomic mass is 16.5. The zero-order valence-electron chi connectivity index (χ0n) is 14.5. The third-order valence-electron chi connectivity index (χ3n) is 5.18. The third-order valence-corrected chi connectivity index (χ3v) is 5.18. The maximum Gasteiger partial charge on any atom is 0.233 e. The summed E-state index contributed by atoms with van der Waals surface area (Å²) in [6.45, 7) is 3.77. The number of fused-ring (bicyclic) bond motifs is 2. The van der Waals surface area contributed by atoms with E-state index in [9.17, 15) is 5.11 Å². The average Bonchev–Trinajstić information content (AvgIpc) is 3.00. The largest absolute Gasteiger partial charge is 0.507 e. The van der Waals surface area contributed by atoms with Gasteiger partial charge in [-0.15, -0.1) is 10.2 Å². The number of nitrogens with one attached hydrogen (secondary N) is 2. The maximum atomic E-state index is 10.3. The van der Waals surface area contributed by atoms with Gasteiger partial charge in [0.1, 0.15) is 11.9 Å². The fraction of sp³-hybridized carbons (Fsp3) is 0.350. The second kappa shape index (κ2) is 6.88. The zero-order chi connectivity index (χ0) is 18.1. The van der Waals surface area contributed by atoms with E-state index >= 15 is 0 Å². The van der Waals surface area contributed by atoms with Gasteiger partial charge in [0, 0.05) is 29.9 Å². The summed E-state index contributed by atoms with van der Waals surface area (Å²) in [5.74, 6) is 0.608. The van der Waals surface area contributed by atoms with Gasteiger partial charge >= 0.3 is 0 Å². The van der Waals surface area contributed by atoms with Crippen molar-refractivity contribution in [2.24, 2.45) is 0 Å². The van der Waals surface area contributed by atoms with E-state index in [2.05, 4.69) is 22.1 Å². The molecular weight excluding hydrogens is 328 g/mol. The Bertz CT molecular complexity index is 822. The van der Waals surface area contributed by atoms with Gasteiger partial charge in [-0.3, -0.25) is 0 Å². The molecule has 2 fully saturated rings. The Morgan fingerprint density at radius 1 is 1.19 bits per heavy atom. The summed E-state index contributed by atoms with van der Waals surface area (Å²) < 4.78 is 6.01. The first-order chi connectivity index (χ1) is 12.6. The third kappa shape index (κ3) is 3.32. The SMILES string of the molecule is C=C(C=N)c1ccc(-c2ccc(OC3C[C@H]4CC[C@@H](C3)N4)nn2)c(O)c1. The number of rotatable bonds is 5. The molecule has 1 unspecified atom stereocenters. The molecule has 134 valence electrons. The Labute approximate surface area is 152 Å². The molecule has 3 atom stereocenters. The molecule has 2 bridgehead atoms. The Kier molecular flexibility index (Phi) is 4.42. The molecule has 3 N–H and O–H groups in total. The van der Waals surface area contributed by atoms with E-state index in [-0.39, 0.29) is 11.9 Å². The van der Waals surface area contributed by atoms with E-state index < -0.39 is 0 Å². The standard InChI is InChI=1S/C20H22N4O2/c1-12(11-21)13-2-5-17(19(25)8-13)18-6-7-20(24-23-18)26-16-9-14-3-4-15(10-16)22-14/h2,5-8,11,14-16,21-22,25H,1,3-4,9-10H2/t14-,15+,16?. The Balaban J connectivity index is 1.47. The molecule has 6 nitrogen and oxygen atoms in total.